The average molecular weight is 408 g/mol. The fourth-order valence-electron chi connectivity index (χ4n) is 2.76. The van der Waals surface area contributed by atoms with Gasteiger partial charge in [0.1, 0.15) is 0 Å². The van der Waals surface area contributed by atoms with Crippen LogP contribution in [0.15, 0.2) is 48.5 Å². The topological polar surface area (TPSA) is 46.9 Å². The van der Waals surface area contributed by atoms with Crippen LogP contribution in [0.1, 0.15) is 32.9 Å². The highest BCUT2D eigenvalue weighted by Crippen LogP contribution is 2.34. The van der Waals surface area contributed by atoms with Gasteiger partial charge in [0.15, 0.2) is 0 Å². The molecule has 3 aromatic rings. The second-order valence-corrected chi connectivity index (χ2v) is 6.84. The van der Waals surface area contributed by atoms with Crippen molar-refractivity contribution in [1.82, 2.24) is 9.78 Å². The molecule has 0 aliphatic heterocycles. The Morgan fingerprint density at radius 2 is 1.79 bits per heavy atom. The van der Waals surface area contributed by atoms with Gasteiger partial charge < -0.3 is 5.32 Å². The lowest BCUT2D eigenvalue weighted by Gasteiger charge is -2.12. The van der Waals surface area contributed by atoms with Crippen molar-refractivity contribution in [3.63, 3.8) is 0 Å². The van der Waals surface area contributed by atoms with E-state index >= 15 is 0 Å². The SMILES string of the molecule is Cc1cc(C)n(Cc2ccc(C(=O)Nc3cc(C(F)(F)F)ccc3Cl)cc2)n1. The number of amides is 1. The molecule has 0 unspecified atom stereocenters. The Labute approximate surface area is 164 Å². The Balaban J connectivity index is 1.74. The van der Waals surface area contributed by atoms with Gasteiger partial charge in [0.25, 0.3) is 5.91 Å². The minimum atomic E-state index is -4.52. The van der Waals surface area contributed by atoms with E-state index in [1.807, 2.05) is 24.6 Å². The highest BCUT2D eigenvalue weighted by Gasteiger charge is 2.31. The molecule has 1 N–H and O–H groups in total. The number of rotatable bonds is 4. The van der Waals surface area contributed by atoms with Gasteiger partial charge in [0.05, 0.1) is 28.5 Å². The number of aromatic nitrogens is 2. The summed E-state index contributed by atoms with van der Waals surface area (Å²) in [6.45, 7) is 4.43. The van der Waals surface area contributed by atoms with Crippen molar-refractivity contribution in [1.29, 1.82) is 0 Å². The van der Waals surface area contributed by atoms with Gasteiger partial charge in [-0.15, -0.1) is 0 Å². The van der Waals surface area contributed by atoms with Crippen LogP contribution in [0.3, 0.4) is 0 Å². The molecule has 0 saturated carbocycles. The van der Waals surface area contributed by atoms with Gasteiger partial charge in [-0.25, -0.2) is 0 Å². The lowest BCUT2D eigenvalue weighted by atomic mass is 10.1. The average Bonchev–Trinajstić information content (AvgIpc) is 2.93. The number of anilines is 1. The first-order chi connectivity index (χ1) is 13.1. The molecule has 0 aliphatic rings. The number of benzene rings is 2. The van der Waals surface area contributed by atoms with E-state index in [2.05, 4.69) is 10.4 Å². The van der Waals surface area contributed by atoms with Crippen LogP contribution in [0.5, 0.6) is 0 Å². The van der Waals surface area contributed by atoms with Crippen LogP contribution in [0.25, 0.3) is 0 Å². The molecule has 0 fully saturated rings. The molecule has 4 nitrogen and oxygen atoms in total. The lowest BCUT2D eigenvalue weighted by Crippen LogP contribution is -2.14. The summed E-state index contributed by atoms with van der Waals surface area (Å²) in [7, 11) is 0. The quantitative estimate of drug-likeness (QED) is 0.623. The summed E-state index contributed by atoms with van der Waals surface area (Å²) in [4.78, 5) is 12.4. The predicted molar refractivity (Wildman–Crippen MR) is 102 cm³/mol. The van der Waals surface area contributed by atoms with Gasteiger partial charge in [-0.2, -0.15) is 18.3 Å². The molecule has 1 amide bonds. The molecule has 3 rings (SSSR count). The maximum Gasteiger partial charge on any atom is 0.416 e. The van der Waals surface area contributed by atoms with Crippen molar-refractivity contribution < 1.29 is 18.0 Å². The third-order valence-corrected chi connectivity index (χ3v) is 4.52. The first-order valence-electron chi connectivity index (χ1n) is 8.41. The summed E-state index contributed by atoms with van der Waals surface area (Å²) < 4.78 is 40.4. The Bertz CT molecular complexity index is 1010. The fourth-order valence-corrected chi connectivity index (χ4v) is 2.93. The number of alkyl halides is 3. The van der Waals surface area contributed by atoms with E-state index in [9.17, 15) is 18.0 Å². The summed E-state index contributed by atoms with van der Waals surface area (Å²) in [5, 5.41) is 6.85. The molecule has 0 spiro atoms. The van der Waals surface area contributed by atoms with Crippen molar-refractivity contribution in [2.24, 2.45) is 0 Å². The Hall–Kier alpha value is -2.80. The number of halogens is 4. The summed E-state index contributed by atoms with van der Waals surface area (Å²) in [5.74, 6) is -0.543. The third kappa shape index (κ3) is 4.54. The molecule has 1 heterocycles. The Morgan fingerprint density at radius 1 is 1.11 bits per heavy atom. The Morgan fingerprint density at radius 3 is 2.36 bits per heavy atom. The van der Waals surface area contributed by atoms with Gasteiger partial charge in [-0.1, -0.05) is 23.7 Å². The summed E-state index contributed by atoms with van der Waals surface area (Å²) >= 11 is 5.92. The largest absolute Gasteiger partial charge is 0.416 e. The molecule has 0 atom stereocenters. The van der Waals surface area contributed by atoms with Gasteiger partial charge in [-0.3, -0.25) is 9.48 Å². The van der Waals surface area contributed by atoms with Crippen LogP contribution in [-0.2, 0) is 12.7 Å². The summed E-state index contributed by atoms with van der Waals surface area (Å²) in [6, 6.07) is 11.5. The number of hydrogen-bond acceptors (Lipinski definition) is 2. The van der Waals surface area contributed by atoms with Crippen LogP contribution in [0.4, 0.5) is 18.9 Å². The van der Waals surface area contributed by atoms with Crippen molar-refractivity contribution >= 4 is 23.2 Å². The molecule has 0 radical (unpaired) electrons. The van der Waals surface area contributed by atoms with E-state index in [4.69, 9.17) is 11.6 Å². The smallest absolute Gasteiger partial charge is 0.321 e. The molecule has 0 saturated heterocycles. The van der Waals surface area contributed by atoms with Crippen LogP contribution in [0, 0.1) is 13.8 Å². The zero-order valence-corrected chi connectivity index (χ0v) is 15.9. The molecular formula is C20H17ClF3N3O. The maximum absolute atomic E-state index is 12.9. The minimum Gasteiger partial charge on any atom is -0.321 e. The molecule has 146 valence electrons. The van der Waals surface area contributed by atoms with Crippen molar-refractivity contribution in [2.45, 2.75) is 26.6 Å². The number of hydrogen-bond donors (Lipinski definition) is 1. The van der Waals surface area contributed by atoms with E-state index in [0.717, 1.165) is 35.2 Å². The molecular weight excluding hydrogens is 391 g/mol. The van der Waals surface area contributed by atoms with Gasteiger partial charge >= 0.3 is 6.18 Å². The first kappa shape index (κ1) is 19.9. The monoisotopic (exact) mass is 407 g/mol. The second kappa shape index (κ2) is 7.67. The molecule has 1 aromatic heterocycles. The van der Waals surface area contributed by atoms with Crippen molar-refractivity contribution in [2.75, 3.05) is 5.32 Å². The van der Waals surface area contributed by atoms with Crippen LogP contribution in [0.2, 0.25) is 5.02 Å². The third-order valence-electron chi connectivity index (χ3n) is 4.19. The number of carbonyl (C=O) groups excluding carboxylic acids is 1. The highest BCUT2D eigenvalue weighted by molar-refractivity contribution is 6.34. The summed E-state index contributed by atoms with van der Waals surface area (Å²) in [5.41, 5.74) is 2.23. The zero-order valence-electron chi connectivity index (χ0n) is 15.1. The number of carbonyl (C=O) groups is 1. The molecule has 0 bridgehead atoms. The number of nitrogens with one attached hydrogen (secondary N) is 1. The molecule has 8 heteroatoms. The van der Waals surface area contributed by atoms with E-state index in [0.29, 0.717) is 12.1 Å². The Kier molecular flexibility index (Phi) is 5.47. The van der Waals surface area contributed by atoms with Gasteiger partial charge in [-0.05, 0) is 55.8 Å². The number of nitrogens with zero attached hydrogens (tertiary/aromatic N) is 2. The predicted octanol–water partition coefficient (Wildman–Crippen LogP) is 5.47. The molecule has 2 aromatic carbocycles. The minimum absolute atomic E-state index is 0.0301. The maximum atomic E-state index is 12.9. The van der Waals surface area contributed by atoms with Gasteiger partial charge in [0, 0.05) is 11.3 Å². The van der Waals surface area contributed by atoms with Crippen molar-refractivity contribution in [3.05, 3.63) is 81.6 Å². The highest BCUT2D eigenvalue weighted by atomic mass is 35.5. The standard InChI is InChI=1S/C20H17ClF3N3O/c1-12-9-13(2)27(26-12)11-14-3-5-15(6-4-14)19(28)25-18-10-16(20(22,23)24)7-8-17(18)21/h3-10H,11H2,1-2H3,(H,25,28). The second-order valence-electron chi connectivity index (χ2n) is 6.43. The van der Waals surface area contributed by atoms with Crippen molar-refractivity contribution in [3.8, 4) is 0 Å². The van der Waals surface area contributed by atoms with E-state index in [1.165, 1.54) is 0 Å². The van der Waals surface area contributed by atoms with E-state index in [-0.39, 0.29) is 10.7 Å². The lowest BCUT2D eigenvalue weighted by molar-refractivity contribution is -0.137. The van der Waals surface area contributed by atoms with Gasteiger partial charge in [0.2, 0.25) is 0 Å². The zero-order chi connectivity index (χ0) is 20.5. The molecule has 0 aliphatic carbocycles. The number of aryl methyl sites for hydroxylation is 2. The van der Waals surface area contributed by atoms with E-state index in [1.54, 1.807) is 24.3 Å². The van der Waals surface area contributed by atoms with E-state index < -0.39 is 17.6 Å². The fraction of sp³-hybridized carbons (Fsp3) is 0.200. The normalized spacial score (nSPS) is 11.5. The first-order valence-corrected chi connectivity index (χ1v) is 8.79. The van der Waals surface area contributed by atoms with Crippen LogP contribution in [-0.4, -0.2) is 15.7 Å². The van der Waals surface area contributed by atoms with Crippen LogP contribution >= 0.6 is 11.6 Å². The molecule has 28 heavy (non-hydrogen) atoms. The summed E-state index contributed by atoms with van der Waals surface area (Å²) in [6.07, 6.45) is -4.52. The van der Waals surface area contributed by atoms with Crippen LogP contribution < -0.4 is 5.32 Å².